The number of rotatable bonds is 2. The Labute approximate surface area is 91.5 Å². The fourth-order valence-corrected chi connectivity index (χ4v) is 1.34. The van der Waals surface area contributed by atoms with Crippen molar-refractivity contribution in [3.63, 3.8) is 0 Å². The molecule has 80 valence electrons. The summed E-state index contributed by atoms with van der Waals surface area (Å²) in [5.74, 6) is 0.00644. The molecule has 0 spiro atoms. The highest BCUT2D eigenvalue weighted by molar-refractivity contribution is 6.02. The Morgan fingerprint density at radius 3 is 2.62 bits per heavy atom. The van der Waals surface area contributed by atoms with Gasteiger partial charge in [-0.1, -0.05) is 5.16 Å². The van der Waals surface area contributed by atoms with Crippen LogP contribution in [0, 0.1) is 0 Å². The summed E-state index contributed by atoms with van der Waals surface area (Å²) in [6, 6.07) is 1.76. The van der Waals surface area contributed by atoms with E-state index in [-0.39, 0.29) is 5.84 Å². The summed E-state index contributed by atoms with van der Waals surface area (Å²) >= 11 is 0. The van der Waals surface area contributed by atoms with Crippen LogP contribution in [0.4, 0.5) is 0 Å². The summed E-state index contributed by atoms with van der Waals surface area (Å²) < 4.78 is 0. The summed E-state index contributed by atoms with van der Waals surface area (Å²) in [7, 11) is 0. The molecule has 3 N–H and O–H groups in total. The molecule has 0 aliphatic heterocycles. The van der Waals surface area contributed by atoms with E-state index in [0.29, 0.717) is 5.56 Å². The predicted octanol–water partition coefficient (Wildman–Crippen LogP) is 0.633. The van der Waals surface area contributed by atoms with Gasteiger partial charge in [0.15, 0.2) is 5.84 Å². The molecule has 2 aromatic rings. The van der Waals surface area contributed by atoms with Gasteiger partial charge in [0, 0.05) is 35.9 Å². The minimum atomic E-state index is 0.00644. The molecule has 0 amide bonds. The fraction of sp³-hybridized carbons (Fsp3) is 0. The minimum absolute atomic E-state index is 0.00644. The van der Waals surface area contributed by atoms with Gasteiger partial charge in [0.25, 0.3) is 0 Å². The predicted molar refractivity (Wildman–Crippen MR) is 57.8 cm³/mol. The largest absolute Gasteiger partial charge is 0.409 e. The molecule has 2 rings (SSSR count). The molecule has 6 heteroatoms. The minimum Gasteiger partial charge on any atom is -0.409 e. The van der Waals surface area contributed by atoms with Crippen LogP contribution in [0.3, 0.4) is 0 Å². The van der Waals surface area contributed by atoms with Gasteiger partial charge in [-0.3, -0.25) is 4.98 Å². The van der Waals surface area contributed by atoms with Gasteiger partial charge in [-0.05, 0) is 11.6 Å². The number of hydrogen-bond acceptors (Lipinski definition) is 5. The topological polar surface area (TPSA) is 97.3 Å². The first-order chi connectivity index (χ1) is 7.83. The van der Waals surface area contributed by atoms with Gasteiger partial charge in [-0.2, -0.15) is 0 Å². The van der Waals surface area contributed by atoms with Gasteiger partial charge in [0.1, 0.15) is 6.33 Å². The normalized spacial score (nSPS) is 11.4. The second kappa shape index (κ2) is 4.35. The van der Waals surface area contributed by atoms with Crippen molar-refractivity contribution in [1.82, 2.24) is 15.0 Å². The van der Waals surface area contributed by atoms with E-state index in [1.807, 2.05) is 0 Å². The Bertz CT molecular complexity index is 512. The number of hydrogen-bond donors (Lipinski definition) is 2. The van der Waals surface area contributed by atoms with Crippen molar-refractivity contribution in [3.05, 3.63) is 42.7 Å². The SMILES string of the molecule is NC(=NO)c1cnccc1-c1cncnc1. The number of amidine groups is 1. The van der Waals surface area contributed by atoms with E-state index in [1.165, 1.54) is 12.5 Å². The smallest absolute Gasteiger partial charge is 0.172 e. The molecule has 0 aromatic carbocycles. The Morgan fingerprint density at radius 2 is 1.94 bits per heavy atom. The van der Waals surface area contributed by atoms with Crippen LogP contribution < -0.4 is 5.73 Å². The quantitative estimate of drug-likeness (QED) is 0.331. The molecule has 2 aromatic heterocycles. The van der Waals surface area contributed by atoms with Crippen LogP contribution in [-0.4, -0.2) is 26.0 Å². The third-order valence-corrected chi connectivity index (χ3v) is 2.08. The van der Waals surface area contributed by atoms with Crippen molar-refractivity contribution >= 4 is 5.84 Å². The summed E-state index contributed by atoms with van der Waals surface area (Å²) in [5.41, 5.74) is 7.65. The molecular weight excluding hydrogens is 206 g/mol. The van der Waals surface area contributed by atoms with Crippen LogP contribution in [0.2, 0.25) is 0 Å². The number of aromatic nitrogens is 3. The lowest BCUT2D eigenvalue weighted by Gasteiger charge is -2.06. The average Bonchev–Trinajstić information content (AvgIpc) is 2.39. The fourth-order valence-electron chi connectivity index (χ4n) is 1.34. The van der Waals surface area contributed by atoms with E-state index in [0.717, 1.165) is 11.1 Å². The zero-order valence-electron chi connectivity index (χ0n) is 8.28. The first kappa shape index (κ1) is 10.0. The zero-order valence-corrected chi connectivity index (χ0v) is 8.28. The molecule has 0 saturated carbocycles. The number of oxime groups is 1. The van der Waals surface area contributed by atoms with E-state index in [9.17, 15) is 0 Å². The Balaban J connectivity index is 2.58. The van der Waals surface area contributed by atoms with Crippen molar-refractivity contribution < 1.29 is 5.21 Å². The van der Waals surface area contributed by atoms with E-state index in [4.69, 9.17) is 10.9 Å². The first-order valence-corrected chi connectivity index (χ1v) is 4.50. The van der Waals surface area contributed by atoms with Crippen LogP contribution in [0.25, 0.3) is 11.1 Å². The van der Waals surface area contributed by atoms with Gasteiger partial charge in [0.05, 0.1) is 0 Å². The monoisotopic (exact) mass is 215 g/mol. The van der Waals surface area contributed by atoms with Crippen LogP contribution >= 0.6 is 0 Å². The summed E-state index contributed by atoms with van der Waals surface area (Å²) in [6.07, 6.45) is 7.88. The van der Waals surface area contributed by atoms with Crippen molar-refractivity contribution in [2.24, 2.45) is 10.9 Å². The summed E-state index contributed by atoms with van der Waals surface area (Å²) in [6.45, 7) is 0. The molecule has 0 radical (unpaired) electrons. The highest BCUT2D eigenvalue weighted by atomic mass is 16.4. The van der Waals surface area contributed by atoms with Gasteiger partial charge >= 0.3 is 0 Å². The average molecular weight is 215 g/mol. The standard InChI is InChI=1S/C10H9N5O/c11-10(15-16)9-5-12-2-1-8(9)7-3-13-6-14-4-7/h1-6,16H,(H2,11,15). The van der Waals surface area contributed by atoms with Crippen LogP contribution in [0.5, 0.6) is 0 Å². The molecule has 0 aliphatic rings. The maximum absolute atomic E-state index is 8.66. The van der Waals surface area contributed by atoms with Crippen molar-refractivity contribution in [2.45, 2.75) is 0 Å². The molecule has 6 nitrogen and oxygen atoms in total. The van der Waals surface area contributed by atoms with E-state index < -0.39 is 0 Å². The molecule has 16 heavy (non-hydrogen) atoms. The summed E-state index contributed by atoms with van der Waals surface area (Å²) in [5, 5.41) is 11.6. The maximum Gasteiger partial charge on any atom is 0.172 e. The molecule has 0 atom stereocenters. The van der Waals surface area contributed by atoms with E-state index in [1.54, 1.807) is 24.7 Å². The number of nitrogens with two attached hydrogens (primary N) is 1. The number of pyridine rings is 1. The molecule has 0 saturated heterocycles. The van der Waals surface area contributed by atoms with Gasteiger partial charge in [0.2, 0.25) is 0 Å². The molecule has 0 aliphatic carbocycles. The third-order valence-electron chi connectivity index (χ3n) is 2.08. The molecule has 0 unspecified atom stereocenters. The van der Waals surface area contributed by atoms with Crippen molar-refractivity contribution in [2.75, 3.05) is 0 Å². The Hall–Kier alpha value is -2.50. The van der Waals surface area contributed by atoms with Gasteiger partial charge < -0.3 is 10.9 Å². The van der Waals surface area contributed by atoms with Gasteiger partial charge in [-0.15, -0.1) is 0 Å². The van der Waals surface area contributed by atoms with E-state index >= 15 is 0 Å². The van der Waals surface area contributed by atoms with Crippen LogP contribution in [0.1, 0.15) is 5.56 Å². The lowest BCUT2D eigenvalue weighted by molar-refractivity contribution is 0.318. The highest BCUT2D eigenvalue weighted by Crippen LogP contribution is 2.20. The molecule has 0 bridgehead atoms. The molecule has 2 heterocycles. The van der Waals surface area contributed by atoms with E-state index in [2.05, 4.69) is 20.1 Å². The summed E-state index contributed by atoms with van der Waals surface area (Å²) in [4.78, 5) is 11.8. The van der Waals surface area contributed by atoms with Crippen LogP contribution in [0.15, 0.2) is 42.3 Å². The number of nitrogens with zero attached hydrogens (tertiary/aromatic N) is 4. The first-order valence-electron chi connectivity index (χ1n) is 4.50. The highest BCUT2D eigenvalue weighted by Gasteiger charge is 2.08. The lowest BCUT2D eigenvalue weighted by atomic mass is 10.0. The maximum atomic E-state index is 8.66. The zero-order chi connectivity index (χ0) is 11.4. The second-order valence-electron chi connectivity index (χ2n) is 3.03. The Morgan fingerprint density at radius 1 is 1.19 bits per heavy atom. The van der Waals surface area contributed by atoms with Crippen molar-refractivity contribution in [3.8, 4) is 11.1 Å². The van der Waals surface area contributed by atoms with Crippen molar-refractivity contribution in [1.29, 1.82) is 0 Å². The molecular formula is C10H9N5O. The van der Waals surface area contributed by atoms with Crippen LogP contribution in [-0.2, 0) is 0 Å². The second-order valence-corrected chi connectivity index (χ2v) is 3.03. The lowest BCUT2D eigenvalue weighted by Crippen LogP contribution is -2.14. The Kier molecular flexibility index (Phi) is 2.73. The molecule has 0 fully saturated rings. The van der Waals surface area contributed by atoms with Gasteiger partial charge in [-0.25, -0.2) is 9.97 Å². The third kappa shape index (κ3) is 1.81.